The van der Waals surface area contributed by atoms with Crippen molar-refractivity contribution in [1.82, 2.24) is 18.5 Å². The van der Waals surface area contributed by atoms with Crippen molar-refractivity contribution in [3.63, 3.8) is 0 Å². The molecule has 5 aromatic heterocycles. The highest BCUT2D eigenvalue weighted by Crippen LogP contribution is 2.48. The number of fused-ring (bicyclic) bond motifs is 15. The summed E-state index contributed by atoms with van der Waals surface area (Å²) in [7, 11) is 0. The number of rotatable bonds is 2. The van der Waals surface area contributed by atoms with E-state index >= 15 is 0 Å². The summed E-state index contributed by atoms with van der Waals surface area (Å²) in [5.41, 5.74) is 10.6. The smallest absolute Gasteiger partial charge is 0.147 e. The van der Waals surface area contributed by atoms with Crippen LogP contribution in [0.3, 0.4) is 0 Å². The third kappa shape index (κ3) is 3.07. The van der Waals surface area contributed by atoms with Crippen LogP contribution in [0.1, 0.15) is 0 Å². The van der Waals surface area contributed by atoms with Gasteiger partial charge in [0, 0.05) is 55.0 Å². The second kappa shape index (κ2) is 9.03. The third-order valence-electron chi connectivity index (χ3n) is 10.8. The Bertz CT molecular complexity index is 3320. The van der Waals surface area contributed by atoms with Gasteiger partial charge in [-0.2, -0.15) is 0 Å². The van der Waals surface area contributed by atoms with Gasteiger partial charge in [0.25, 0.3) is 0 Å². The average molecular weight is 623 g/mol. The lowest BCUT2D eigenvalue weighted by molar-refractivity contribution is 1.12. The topological polar surface area (TPSA) is 27.2 Å². The van der Waals surface area contributed by atoms with Crippen LogP contribution in [0.5, 0.6) is 0 Å². The highest BCUT2D eigenvalue weighted by molar-refractivity contribution is 6.37. The fraction of sp³-hybridized carbons (Fsp3) is 0. The lowest BCUT2D eigenvalue weighted by Gasteiger charge is -2.11. The van der Waals surface area contributed by atoms with E-state index in [4.69, 9.17) is 4.98 Å². The van der Waals surface area contributed by atoms with E-state index in [-0.39, 0.29) is 0 Å². The first-order valence-corrected chi connectivity index (χ1v) is 16.8. The van der Waals surface area contributed by atoms with Crippen LogP contribution >= 0.6 is 0 Å². The Morgan fingerprint density at radius 3 is 1.86 bits per heavy atom. The molecular formula is C45H26N4. The molecule has 0 aliphatic heterocycles. The van der Waals surface area contributed by atoms with Gasteiger partial charge in [-0.3, -0.25) is 4.57 Å². The van der Waals surface area contributed by atoms with Crippen molar-refractivity contribution < 1.29 is 0 Å². The van der Waals surface area contributed by atoms with Crippen molar-refractivity contribution in [1.29, 1.82) is 0 Å². The number of pyridine rings is 1. The third-order valence-corrected chi connectivity index (χ3v) is 10.8. The summed E-state index contributed by atoms with van der Waals surface area (Å²) >= 11 is 0. The van der Waals surface area contributed by atoms with E-state index in [0.29, 0.717) is 0 Å². The van der Waals surface area contributed by atoms with E-state index in [9.17, 15) is 0 Å². The largest absolute Gasteiger partial charge is 0.308 e. The summed E-state index contributed by atoms with van der Waals surface area (Å²) in [6.45, 7) is 0. The van der Waals surface area contributed by atoms with Crippen LogP contribution in [0.4, 0.5) is 0 Å². The molecule has 0 aliphatic carbocycles. The highest BCUT2D eigenvalue weighted by atomic mass is 15.1. The maximum Gasteiger partial charge on any atom is 0.147 e. The predicted molar refractivity (Wildman–Crippen MR) is 205 cm³/mol. The van der Waals surface area contributed by atoms with Gasteiger partial charge in [0.05, 0.1) is 44.2 Å². The van der Waals surface area contributed by atoms with Gasteiger partial charge in [0.15, 0.2) is 0 Å². The first kappa shape index (κ1) is 25.4. The number of benzene rings is 7. The monoisotopic (exact) mass is 622 g/mol. The molecule has 7 aromatic carbocycles. The van der Waals surface area contributed by atoms with Crippen LogP contribution in [0.2, 0.25) is 0 Å². The highest BCUT2D eigenvalue weighted by Gasteiger charge is 2.26. The fourth-order valence-electron chi connectivity index (χ4n) is 8.91. The zero-order valence-electron chi connectivity index (χ0n) is 26.3. The first-order chi connectivity index (χ1) is 24.4. The van der Waals surface area contributed by atoms with Gasteiger partial charge in [0.2, 0.25) is 0 Å². The Balaban J connectivity index is 1.34. The molecular weight excluding hydrogens is 597 g/mol. The van der Waals surface area contributed by atoms with Gasteiger partial charge in [-0.25, -0.2) is 4.98 Å². The second-order valence-corrected chi connectivity index (χ2v) is 13.1. The first-order valence-electron chi connectivity index (χ1n) is 16.8. The van der Waals surface area contributed by atoms with Gasteiger partial charge < -0.3 is 8.97 Å². The molecule has 12 aromatic rings. The molecule has 0 radical (unpaired) electrons. The Hall–Kier alpha value is -6.65. The molecule has 0 atom stereocenters. The number of aromatic nitrogens is 4. The Labute approximate surface area is 279 Å². The molecule has 5 heterocycles. The lowest BCUT2D eigenvalue weighted by Crippen LogP contribution is -1.98. The zero-order valence-corrected chi connectivity index (χ0v) is 26.3. The van der Waals surface area contributed by atoms with Gasteiger partial charge in [-0.1, -0.05) is 109 Å². The van der Waals surface area contributed by atoms with Crippen molar-refractivity contribution in [3.05, 3.63) is 158 Å². The van der Waals surface area contributed by atoms with Crippen molar-refractivity contribution >= 4 is 92.6 Å². The average Bonchev–Trinajstić information content (AvgIpc) is 3.89. The molecule has 0 saturated carbocycles. The minimum Gasteiger partial charge on any atom is -0.308 e. The number of hydrogen-bond donors (Lipinski definition) is 0. The van der Waals surface area contributed by atoms with Gasteiger partial charge >= 0.3 is 0 Å². The van der Waals surface area contributed by atoms with Crippen LogP contribution in [0, 0.1) is 0 Å². The maximum absolute atomic E-state index is 5.06. The minimum absolute atomic E-state index is 0.954. The molecule has 0 fully saturated rings. The molecule has 0 amide bonds. The number of para-hydroxylation sites is 4. The Kier molecular flexibility index (Phi) is 4.69. The van der Waals surface area contributed by atoms with Gasteiger partial charge in [-0.15, -0.1) is 0 Å². The van der Waals surface area contributed by atoms with E-state index in [2.05, 4.69) is 165 Å². The summed E-state index contributed by atoms with van der Waals surface area (Å²) in [5, 5.41) is 12.6. The van der Waals surface area contributed by atoms with Gasteiger partial charge in [0.1, 0.15) is 5.65 Å². The Morgan fingerprint density at radius 1 is 0.388 bits per heavy atom. The van der Waals surface area contributed by atoms with Crippen molar-refractivity contribution in [2.75, 3.05) is 0 Å². The molecule has 226 valence electrons. The van der Waals surface area contributed by atoms with E-state index in [0.717, 1.165) is 27.9 Å². The van der Waals surface area contributed by atoms with Crippen LogP contribution in [-0.4, -0.2) is 18.5 Å². The number of nitrogens with zero attached hydrogens (tertiary/aromatic N) is 4. The summed E-state index contributed by atoms with van der Waals surface area (Å²) in [4.78, 5) is 5.06. The number of hydrogen-bond acceptors (Lipinski definition) is 1. The normalized spacial score (nSPS) is 12.5. The van der Waals surface area contributed by atoms with E-state index in [1.54, 1.807) is 0 Å². The summed E-state index contributed by atoms with van der Waals surface area (Å²) in [5.74, 6) is 0. The Morgan fingerprint density at radius 2 is 1.04 bits per heavy atom. The fourth-order valence-corrected chi connectivity index (χ4v) is 8.91. The van der Waals surface area contributed by atoms with E-state index < -0.39 is 0 Å². The molecule has 0 saturated heterocycles. The molecule has 0 bridgehead atoms. The molecule has 4 heteroatoms. The molecule has 0 N–H and O–H groups in total. The van der Waals surface area contributed by atoms with E-state index in [1.165, 1.54) is 76.1 Å². The maximum atomic E-state index is 5.06. The summed E-state index contributed by atoms with van der Waals surface area (Å²) < 4.78 is 7.33. The lowest BCUT2D eigenvalue weighted by atomic mass is 10.00. The quantitative estimate of drug-likeness (QED) is 0.188. The molecule has 0 aliphatic rings. The van der Waals surface area contributed by atoms with Gasteiger partial charge in [-0.05, 0) is 47.9 Å². The molecule has 0 spiro atoms. The molecule has 4 nitrogen and oxygen atoms in total. The van der Waals surface area contributed by atoms with Crippen LogP contribution < -0.4 is 0 Å². The molecule has 12 rings (SSSR count). The minimum atomic E-state index is 0.954. The molecule has 0 unspecified atom stereocenters. The summed E-state index contributed by atoms with van der Waals surface area (Å²) in [6, 6.07) is 55.2. The predicted octanol–water partition coefficient (Wildman–Crippen LogP) is 11.6. The molecule has 49 heavy (non-hydrogen) atoms. The SMILES string of the molecule is c1ccc(-n2c3ccccc3c3c(-n4c5ccccc5c5c6c7ccc8ccccc8c7n7c8ccccc8c(cc54)c67)ccnc32)cc1. The van der Waals surface area contributed by atoms with Crippen molar-refractivity contribution in [2.45, 2.75) is 0 Å². The van der Waals surface area contributed by atoms with Crippen LogP contribution in [0.25, 0.3) is 104 Å². The van der Waals surface area contributed by atoms with Crippen molar-refractivity contribution in [3.8, 4) is 11.4 Å². The van der Waals surface area contributed by atoms with Crippen LogP contribution in [0.15, 0.2) is 158 Å². The second-order valence-electron chi connectivity index (χ2n) is 13.1. The van der Waals surface area contributed by atoms with Crippen LogP contribution in [-0.2, 0) is 0 Å². The summed E-state index contributed by atoms with van der Waals surface area (Å²) in [6.07, 6.45) is 1.97. The van der Waals surface area contributed by atoms with E-state index in [1.807, 2.05) is 6.20 Å². The zero-order chi connectivity index (χ0) is 31.8. The standard InChI is InChI=1S/C45H26N4/c1-2-13-28(14-3-1)47-36-20-10-8-18-32(36)41-38(24-25-46-45(41)47)48-37-21-11-7-17-31(37)40-39(48)26-34-30-16-6-9-19-35(30)49-43-29-15-5-4-12-27(29)22-23-33(43)42(40)44(34)49/h1-26H. The van der Waals surface area contributed by atoms with Crippen molar-refractivity contribution in [2.24, 2.45) is 0 Å².